The fourth-order valence-corrected chi connectivity index (χ4v) is 3.40. The van der Waals surface area contributed by atoms with Crippen molar-refractivity contribution in [2.45, 2.75) is 32.2 Å². The summed E-state index contributed by atoms with van der Waals surface area (Å²) in [5.41, 5.74) is 0.185. The van der Waals surface area contributed by atoms with E-state index >= 15 is 0 Å². The molecule has 1 aliphatic carbocycles. The second-order valence-electron chi connectivity index (χ2n) is 7.41. The quantitative estimate of drug-likeness (QED) is 0.879. The summed E-state index contributed by atoms with van der Waals surface area (Å²) in [7, 11) is 3.50. The molecule has 0 radical (unpaired) electrons. The Morgan fingerprint density at radius 2 is 2.17 bits per heavy atom. The monoisotopic (exact) mass is 333 g/mol. The standard InChI is InChI=1S/C17H27N5O2/c1-20(2)16(24)22-8-3-4-14(10-22)15(23)19-11-17(5-6-17)12-21-9-7-18-13-21/h7,9,13-14H,3-6,8,10-12H2,1-2H3,(H,19,23)/t14-/m1/s1. The number of imidazole rings is 1. The predicted octanol–water partition coefficient (Wildman–Crippen LogP) is 1.17. The fourth-order valence-electron chi connectivity index (χ4n) is 3.40. The first kappa shape index (κ1) is 16.8. The van der Waals surface area contributed by atoms with Gasteiger partial charge in [0.1, 0.15) is 0 Å². The number of nitrogens with zero attached hydrogens (tertiary/aromatic N) is 4. The average Bonchev–Trinajstić information content (AvgIpc) is 3.15. The number of urea groups is 1. The molecule has 2 fully saturated rings. The third kappa shape index (κ3) is 3.88. The van der Waals surface area contributed by atoms with Crippen molar-refractivity contribution in [3.63, 3.8) is 0 Å². The minimum Gasteiger partial charge on any atom is -0.355 e. The Bertz CT molecular complexity index is 580. The van der Waals surface area contributed by atoms with Crippen molar-refractivity contribution in [1.29, 1.82) is 0 Å². The van der Waals surface area contributed by atoms with E-state index in [1.807, 2.05) is 12.5 Å². The minimum atomic E-state index is -0.0910. The molecule has 2 aliphatic rings. The summed E-state index contributed by atoms with van der Waals surface area (Å²) in [5.74, 6) is -0.00476. The molecule has 1 saturated carbocycles. The average molecular weight is 333 g/mol. The van der Waals surface area contributed by atoms with Crippen LogP contribution in [-0.2, 0) is 11.3 Å². The van der Waals surface area contributed by atoms with Gasteiger partial charge in [-0.15, -0.1) is 0 Å². The Morgan fingerprint density at radius 3 is 2.79 bits per heavy atom. The number of carbonyl (C=O) groups is 2. The second kappa shape index (κ2) is 6.83. The van der Waals surface area contributed by atoms with E-state index in [0.29, 0.717) is 13.1 Å². The van der Waals surface area contributed by atoms with Gasteiger partial charge in [0.25, 0.3) is 0 Å². The molecule has 1 saturated heterocycles. The fraction of sp³-hybridized carbons (Fsp3) is 0.706. The molecule has 3 rings (SSSR count). The first-order valence-corrected chi connectivity index (χ1v) is 8.69. The Morgan fingerprint density at radius 1 is 1.38 bits per heavy atom. The van der Waals surface area contributed by atoms with Gasteiger partial charge in [0.2, 0.25) is 5.91 Å². The molecule has 3 amide bonds. The molecule has 132 valence electrons. The van der Waals surface area contributed by atoms with Crippen LogP contribution in [0, 0.1) is 11.3 Å². The number of aromatic nitrogens is 2. The van der Waals surface area contributed by atoms with Crippen LogP contribution >= 0.6 is 0 Å². The smallest absolute Gasteiger partial charge is 0.319 e. The lowest BCUT2D eigenvalue weighted by Crippen LogP contribution is -2.49. The van der Waals surface area contributed by atoms with E-state index in [1.54, 1.807) is 30.1 Å². The number of rotatable bonds is 5. The van der Waals surface area contributed by atoms with Gasteiger partial charge in [-0.1, -0.05) is 0 Å². The molecule has 0 aromatic carbocycles. The number of hydrogen-bond acceptors (Lipinski definition) is 3. The summed E-state index contributed by atoms with van der Waals surface area (Å²) in [6.45, 7) is 2.88. The van der Waals surface area contributed by atoms with Crippen LogP contribution in [0.3, 0.4) is 0 Å². The Balaban J connectivity index is 1.49. The molecule has 0 bridgehead atoms. The highest BCUT2D eigenvalue weighted by molar-refractivity contribution is 5.80. The molecule has 1 aromatic rings. The maximum Gasteiger partial charge on any atom is 0.319 e. The third-order valence-electron chi connectivity index (χ3n) is 5.12. The predicted molar refractivity (Wildman–Crippen MR) is 90.3 cm³/mol. The van der Waals surface area contributed by atoms with Gasteiger partial charge in [0, 0.05) is 58.1 Å². The van der Waals surface area contributed by atoms with Gasteiger partial charge in [-0.25, -0.2) is 9.78 Å². The van der Waals surface area contributed by atoms with E-state index in [9.17, 15) is 9.59 Å². The molecular weight excluding hydrogens is 306 g/mol. The summed E-state index contributed by atoms with van der Waals surface area (Å²) < 4.78 is 2.08. The molecule has 2 heterocycles. The largest absolute Gasteiger partial charge is 0.355 e. The Labute approximate surface area is 143 Å². The Kier molecular flexibility index (Phi) is 4.78. The van der Waals surface area contributed by atoms with E-state index in [0.717, 1.165) is 38.8 Å². The maximum atomic E-state index is 12.5. The topological polar surface area (TPSA) is 70.5 Å². The van der Waals surface area contributed by atoms with Crippen molar-refractivity contribution in [1.82, 2.24) is 24.7 Å². The minimum absolute atomic E-state index is 0.00808. The van der Waals surface area contributed by atoms with Crippen molar-refractivity contribution in [2.24, 2.45) is 11.3 Å². The molecule has 0 unspecified atom stereocenters. The van der Waals surface area contributed by atoms with E-state index in [2.05, 4.69) is 14.9 Å². The molecule has 1 aromatic heterocycles. The van der Waals surface area contributed by atoms with Crippen LogP contribution < -0.4 is 5.32 Å². The van der Waals surface area contributed by atoms with Crippen LogP contribution in [0.15, 0.2) is 18.7 Å². The lowest BCUT2D eigenvalue weighted by molar-refractivity contribution is -0.126. The summed E-state index contributed by atoms with van der Waals surface area (Å²) in [5, 5.41) is 3.13. The number of amides is 3. The van der Waals surface area contributed by atoms with Crippen LogP contribution in [0.1, 0.15) is 25.7 Å². The van der Waals surface area contributed by atoms with E-state index in [1.165, 1.54) is 0 Å². The second-order valence-corrected chi connectivity index (χ2v) is 7.41. The summed E-state index contributed by atoms with van der Waals surface area (Å²) in [6, 6.07) is -0.00808. The zero-order valence-corrected chi connectivity index (χ0v) is 14.6. The molecule has 7 heteroatoms. The summed E-state index contributed by atoms with van der Waals surface area (Å²) >= 11 is 0. The number of hydrogen-bond donors (Lipinski definition) is 1. The van der Waals surface area contributed by atoms with E-state index in [4.69, 9.17) is 0 Å². The van der Waals surface area contributed by atoms with Crippen LogP contribution in [0.25, 0.3) is 0 Å². The number of carbonyl (C=O) groups excluding carboxylic acids is 2. The highest BCUT2D eigenvalue weighted by Gasteiger charge is 2.43. The zero-order chi connectivity index (χ0) is 17.2. The molecule has 24 heavy (non-hydrogen) atoms. The first-order chi connectivity index (χ1) is 11.5. The number of nitrogens with one attached hydrogen (secondary N) is 1. The van der Waals surface area contributed by atoms with Crippen LogP contribution in [0.5, 0.6) is 0 Å². The van der Waals surface area contributed by atoms with Crippen molar-refractivity contribution in [3.05, 3.63) is 18.7 Å². The van der Waals surface area contributed by atoms with E-state index < -0.39 is 0 Å². The van der Waals surface area contributed by atoms with Gasteiger partial charge in [-0.05, 0) is 25.7 Å². The zero-order valence-electron chi connectivity index (χ0n) is 14.6. The van der Waals surface area contributed by atoms with Gasteiger partial charge >= 0.3 is 6.03 Å². The highest BCUT2D eigenvalue weighted by atomic mass is 16.2. The molecule has 1 aliphatic heterocycles. The molecular formula is C17H27N5O2. The summed E-state index contributed by atoms with van der Waals surface area (Å²) in [6.07, 6.45) is 9.60. The van der Waals surface area contributed by atoms with Gasteiger partial charge in [-0.2, -0.15) is 0 Å². The van der Waals surface area contributed by atoms with Gasteiger partial charge in [-0.3, -0.25) is 4.79 Å². The number of piperidine rings is 1. The van der Waals surface area contributed by atoms with Gasteiger partial charge < -0.3 is 19.7 Å². The van der Waals surface area contributed by atoms with Crippen molar-refractivity contribution in [2.75, 3.05) is 33.7 Å². The third-order valence-corrected chi connectivity index (χ3v) is 5.12. The molecule has 1 atom stereocenters. The van der Waals surface area contributed by atoms with Gasteiger partial charge in [0.15, 0.2) is 0 Å². The van der Waals surface area contributed by atoms with Crippen molar-refractivity contribution < 1.29 is 9.59 Å². The number of likely N-dealkylation sites (tertiary alicyclic amines) is 1. The van der Waals surface area contributed by atoms with E-state index in [-0.39, 0.29) is 23.3 Å². The van der Waals surface area contributed by atoms with Crippen LogP contribution in [-0.4, -0.2) is 65.0 Å². The molecule has 1 N–H and O–H groups in total. The normalized spacial score (nSPS) is 22.1. The SMILES string of the molecule is CN(C)C(=O)N1CCC[C@@H](C(=O)NCC2(Cn3ccnc3)CC2)C1. The lowest BCUT2D eigenvalue weighted by atomic mass is 9.97. The highest BCUT2D eigenvalue weighted by Crippen LogP contribution is 2.46. The van der Waals surface area contributed by atoms with Crippen molar-refractivity contribution in [3.8, 4) is 0 Å². The maximum absolute atomic E-state index is 12.5. The Hall–Kier alpha value is -2.05. The summed E-state index contributed by atoms with van der Waals surface area (Å²) in [4.78, 5) is 32.0. The lowest BCUT2D eigenvalue weighted by Gasteiger charge is -2.34. The van der Waals surface area contributed by atoms with Crippen molar-refractivity contribution >= 4 is 11.9 Å². The van der Waals surface area contributed by atoms with Gasteiger partial charge in [0.05, 0.1) is 12.2 Å². The first-order valence-electron chi connectivity index (χ1n) is 8.69. The molecule has 0 spiro atoms. The van der Waals surface area contributed by atoms with Crippen LogP contribution in [0.4, 0.5) is 4.79 Å². The molecule has 7 nitrogen and oxygen atoms in total. The van der Waals surface area contributed by atoms with Crippen LogP contribution in [0.2, 0.25) is 0 Å².